The van der Waals surface area contributed by atoms with E-state index >= 15 is 0 Å². The van der Waals surface area contributed by atoms with Gasteiger partial charge in [0, 0.05) is 25.3 Å². The third-order valence-corrected chi connectivity index (χ3v) is 3.18. The summed E-state index contributed by atoms with van der Waals surface area (Å²) in [6, 6.07) is 2.51. The summed E-state index contributed by atoms with van der Waals surface area (Å²) in [7, 11) is 2.18. The molecule has 0 saturated carbocycles. The molecule has 0 aliphatic carbocycles. The second-order valence-corrected chi connectivity index (χ2v) is 4.59. The predicted octanol–water partition coefficient (Wildman–Crippen LogP) is 1.19. The van der Waals surface area contributed by atoms with Gasteiger partial charge in [-0.15, -0.1) is 0 Å². The first-order valence-electron chi connectivity index (χ1n) is 5.83. The molecule has 2 rings (SSSR count). The van der Waals surface area contributed by atoms with Crippen molar-refractivity contribution in [3.63, 3.8) is 0 Å². The Kier molecular flexibility index (Phi) is 3.29. The highest BCUT2D eigenvalue weighted by atomic mass is 15.2. The van der Waals surface area contributed by atoms with E-state index in [1.54, 1.807) is 6.20 Å². The fourth-order valence-corrected chi connectivity index (χ4v) is 2.39. The number of hydrogen-bond donors (Lipinski definition) is 1. The van der Waals surface area contributed by atoms with E-state index in [1.165, 1.54) is 6.42 Å². The van der Waals surface area contributed by atoms with Crippen molar-refractivity contribution < 1.29 is 0 Å². The number of nitrogens with zero attached hydrogens (tertiary/aromatic N) is 3. The zero-order valence-electron chi connectivity index (χ0n) is 10.1. The Morgan fingerprint density at radius 1 is 1.44 bits per heavy atom. The summed E-state index contributed by atoms with van der Waals surface area (Å²) in [6.45, 7) is 5.56. The van der Waals surface area contributed by atoms with Crippen LogP contribution in [0.25, 0.3) is 0 Å². The van der Waals surface area contributed by atoms with Crippen molar-refractivity contribution in [1.29, 1.82) is 0 Å². The average Bonchev–Trinajstić information content (AvgIpc) is 2.40. The molecule has 1 saturated heterocycles. The first kappa shape index (κ1) is 11.2. The van der Waals surface area contributed by atoms with Gasteiger partial charge in [-0.2, -0.15) is 0 Å². The number of aromatic nitrogens is 1. The smallest absolute Gasteiger partial charge is 0.0738 e. The Morgan fingerprint density at radius 2 is 2.25 bits per heavy atom. The SMILES string of the molecule is CC1CN(C)CCCN1c1ccncc1N. The molecule has 1 unspecified atom stereocenters. The Labute approximate surface area is 97.1 Å². The van der Waals surface area contributed by atoms with Crippen LogP contribution < -0.4 is 10.6 Å². The second-order valence-electron chi connectivity index (χ2n) is 4.59. The van der Waals surface area contributed by atoms with E-state index < -0.39 is 0 Å². The van der Waals surface area contributed by atoms with Gasteiger partial charge in [-0.05, 0) is 33.0 Å². The summed E-state index contributed by atoms with van der Waals surface area (Å²) in [5.74, 6) is 0. The zero-order valence-corrected chi connectivity index (χ0v) is 10.1. The van der Waals surface area contributed by atoms with Gasteiger partial charge in [-0.1, -0.05) is 0 Å². The van der Waals surface area contributed by atoms with Crippen molar-refractivity contribution in [1.82, 2.24) is 9.88 Å². The average molecular weight is 220 g/mol. The highest BCUT2D eigenvalue weighted by molar-refractivity contribution is 5.66. The first-order valence-corrected chi connectivity index (χ1v) is 5.83. The minimum Gasteiger partial charge on any atom is -0.396 e. The molecule has 4 nitrogen and oxygen atoms in total. The molecule has 1 fully saturated rings. The molecule has 1 aliphatic heterocycles. The number of likely N-dealkylation sites (N-methyl/N-ethyl adjacent to an activating group) is 1. The zero-order chi connectivity index (χ0) is 11.5. The Morgan fingerprint density at radius 3 is 3.00 bits per heavy atom. The van der Waals surface area contributed by atoms with E-state index in [1.807, 2.05) is 12.3 Å². The van der Waals surface area contributed by atoms with Crippen LogP contribution >= 0.6 is 0 Å². The Balaban J connectivity index is 2.22. The summed E-state index contributed by atoms with van der Waals surface area (Å²) < 4.78 is 0. The van der Waals surface area contributed by atoms with E-state index in [2.05, 4.69) is 28.8 Å². The van der Waals surface area contributed by atoms with Gasteiger partial charge in [0.05, 0.1) is 17.6 Å². The number of anilines is 2. The lowest BCUT2D eigenvalue weighted by atomic mass is 10.2. The number of pyridine rings is 1. The molecule has 1 atom stereocenters. The Hall–Kier alpha value is -1.29. The summed E-state index contributed by atoms with van der Waals surface area (Å²) in [6.07, 6.45) is 4.73. The van der Waals surface area contributed by atoms with Crippen LogP contribution in [0, 0.1) is 0 Å². The topological polar surface area (TPSA) is 45.4 Å². The van der Waals surface area contributed by atoms with Crippen LogP contribution in [-0.4, -0.2) is 42.6 Å². The van der Waals surface area contributed by atoms with Crippen LogP contribution in [0.3, 0.4) is 0 Å². The monoisotopic (exact) mass is 220 g/mol. The van der Waals surface area contributed by atoms with E-state index in [-0.39, 0.29) is 0 Å². The van der Waals surface area contributed by atoms with Crippen LogP contribution in [0.5, 0.6) is 0 Å². The third kappa shape index (κ3) is 2.27. The molecule has 88 valence electrons. The number of nitrogen functional groups attached to an aromatic ring is 1. The molecule has 1 aromatic rings. The van der Waals surface area contributed by atoms with E-state index in [9.17, 15) is 0 Å². The van der Waals surface area contributed by atoms with Gasteiger partial charge in [0.25, 0.3) is 0 Å². The van der Waals surface area contributed by atoms with Gasteiger partial charge in [-0.25, -0.2) is 0 Å². The van der Waals surface area contributed by atoms with Gasteiger partial charge in [0.15, 0.2) is 0 Å². The molecule has 0 radical (unpaired) electrons. The fourth-order valence-electron chi connectivity index (χ4n) is 2.39. The van der Waals surface area contributed by atoms with Crippen molar-refractivity contribution in [2.24, 2.45) is 0 Å². The highest BCUT2D eigenvalue weighted by Crippen LogP contribution is 2.25. The van der Waals surface area contributed by atoms with Crippen molar-refractivity contribution in [2.45, 2.75) is 19.4 Å². The van der Waals surface area contributed by atoms with Crippen LogP contribution in [0.2, 0.25) is 0 Å². The number of nitrogens with two attached hydrogens (primary N) is 1. The van der Waals surface area contributed by atoms with Crippen LogP contribution in [0.15, 0.2) is 18.5 Å². The molecule has 0 amide bonds. The van der Waals surface area contributed by atoms with Gasteiger partial charge >= 0.3 is 0 Å². The quantitative estimate of drug-likeness (QED) is 0.772. The molecule has 4 heteroatoms. The van der Waals surface area contributed by atoms with Gasteiger partial charge in [0.2, 0.25) is 0 Å². The lowest BCUT2D eigenvalue weighted by Crippen LogP contribution is -2.38. The van der Waals surface area contributed by atoms with E-state index in [0.29, 0.717) is 6.04 Å². The molecule has 16 heavy (non-hydrogen) atoms. The molecule has 0 aromatic carbocycles. The molecule has 2 N–H and O–H groups in total. The second kappa shape index (κ2) is 4.70. The normalized spacial score (nSPS) is 23.1. The van der Waals surface area contributed by atoms with Crippen molar-refractivity contribution in [3.8, 4) is 0 Å². The third-order valence-electron chi connectivity index (χ3n) is 3.18. The fraction of sp³-hybridized carbons (Fsp3) is 0.583. The van der Waals surface area contributed by atoms with Crippen LogP contribution in [0.1, 0.15) is 13.3 Å². The maximum absolute atomic E-state index is 5.98. The van der Waals surface area contributed by atoms with Crippen LogP contribution in [0.4, 0.5) is 11.4 Å². The largest absolute Gasteiger partial charge is 0.396 e. The molecule has 0 bridgehead atoms. The van der Waals surface area contributed by atoms with Gasteiger partial charge < -0.3 is 15.5 Å². The molecule has 2 heterocycles. The van der Waals surface area contributed by atoms with Gasteiger partial charge in [0.1, 0.15) is 0 Å². The lowest BCUT2D eigenvalue weighted by molar-refractivity contribution is 0.337. The maximum atomic E-state index is 5.98. The lowest BCUT2D eigenvalue weighted by Gasteiger charge is -2.30. The Bertz CT molecular complexity index is 353. The highest BCUT2D eigenvalue weighted by Gasteiger charge is 2.20. The van der Waals surface area contributed by atoms with Crippen LogP contribution in [-0.2, 0) is 0 Å². The molecule has 1 aromatic heterocycles. The summed E-state index contributed by atoms with van der Waals surface area (Å²) in [5.41, 5.74) is 7.88. The molecule has 0 spiro atoms. The summed E-state index contributed by atoms with van der Waals surface area (Å²) >= 11 is 0. The molecule has 1 aliphatic rings. The first-order chi connectivity index (χ1) is 7.68. The number of hydrogen-bond acceptors (Lipinski definition) is 4. The van der Waals surface area contributed by atoms with E-state index in [4.69, 9.17) is 5.73 Å². The molecular weight excluding hydrogens is 200 g/mol. The standard InChI is InChI=1S/C12H20N4/c1-10-9-15(2)6-3-7-16(10)12-4-5-14-8-11(12)13/h4-5,8,10H,3,6-7,9,13H2,1-2H3. The van der Waals surface area contributed by atoms with Crippen molar-refractivity contribution >= 4 is 11.4 Å². The van der Waals surface area contributed by atoms with Gasteiger partial charge in [-0.3, -0.25) is 4.98 Å². The minimum absolute atomic E-state index is 0.497. The minimum atomic E-state index is 0.497. The van der Waals surface area contributed by atoms with Crippen molar-refractivity contribution in [3.05, 3.63) is 18.5 Å². The van der Waals surface area contributed by atoms with E-state index in [0.717, 1.165) is 31.0 Å². The number of rotatable bonds is 1. The predicted molar refractivity (Wildman–Crippen MR) is 67.6 cm³/mol. The maximum Gasteiger partial charge on any atom is 0.0738 e. The van der Waals surface area contributed by atoms with Crippen molar-refractivity contribution in [2.75, 3.05) is 37.3 Å². The molecular formula is C12H20N4. The summed E-state index contributed by atoms with van der Waals surface area (Å²) in [5, 5.41) is 0. The summed E-state index contributed by atoms with van der Waals surface area (Å²) in [4.78, 5) is 8.81.